The molecule has 3 aromatic carbocycles. The highest BCUT2D eigenvalue weighted by Crippen LogP contribution is 2.27. The number of hydrogen-bond donors (Lipinski definition) is 1. The summed E-state index contributed by atoms with van der Waals surface area (Å²) in [5.41, 5.74) is 1.53. The molecular formula is C30H36FN3O4S. The van der Waals surface area contributed by atoms with Crippen LogP contribution in [0.3, 0.4) is 0 Å². The first-order valence-corrected chi connectivity index (χ1v) is 14.4. The first-order chi connectivity index (χ1) is 18.5. The number of sulfonamides is 1. The highest BCUT2D eigenvalue weighted by Gasteiger charge is 2.34. The normalized spacial score (nSPS) is 12.2. The Bertz CT molecular complexity index is 1380. The summed E-state index contributed by atoms with van der Waals surface area (Å²) < 4.78 is 43.2. The molecule has 0 aliphatic carbocycles. The van der Waals surface area contributed by atoms with Crippen LogP contribution in [0, 0.1) is 18.7 Å². The van der Waals surface area contributed by atoms with Crippen LogP contribution < -0.4 is 9.62 Å². The van der Waals surface area contributed by atoms with Gasteiger partial charge in [0, 0.05) is 13.1 Å². The summed E-state index contributed by atoms with van der Waals surface area (Å²) in [6.07, 6.45) is 0.312. The predicted molar refractivity (Wildman–Crippen MR) is 151 cm³/mol. The van der Waals surface area contributed by atoms with E-state index in [4.69, 9.17) is 0 Å². The van der Waals surface area contributed by atoms with Crippen molar-refractivity contribution in [3.05, 3.63) is 95.8 Å². The molecule has 208 valence electrons. The van der Waals surface area contributed by atoms with Crippen LogP contribution in [-0.4, -0.2) is 44.3 Å². The van der Waals surface area contributed by atoms with E-state index in [1.165, 1.54) is 35.2 Å². The van der Waals surface area contributed by atoms with Gasteiger partial charge in [0.15, 0.2) is 0 Å². The van der Waals surface area contributed by atoms with E-state index in [1.807, 2.05) is 45.0 Å². The summed E-state index contributed by atoms with van der Waals surface area (Å²) in [6.45, 7) is 7.50. The van der Waals surface area contributed by atoms with Gasteiger partial charge in [-0.25, -0.2) is 12.8 Å². The van der Waals surface area contributed by atoms with E-state index in [9.17, 15) is 22.4 Å². The molecule has 2 amide bonds. The number of para-hydroxylation sites is 1. The summed E-state index contributed by atoms with van der Waals surface area (Å²) in [6, 6.07) is 19.7. The van der Waals surface area contributed by atoms with E-state index in [0.717, 1.165) is 21.5 Å². The minimum atomic E-state index is -4.31. The van der Waals surface area contributed by atoms with Crippen LogP contribution in [0.5, 0.6) is 0 Å². The third-order valence-electron chi connectivity index (χ3n) is 6.24. The number of amides is 2. The maximum atomic E-state index is 15.0. The number of halogens is 1. The Labute approximate surface area is 230 Å². The maximum Gasteiger partial charge on any atom is 0.264 e. The molecule has 0 saturated carbocycles. The standard InChI is InChI=1S/C30H36FN3O4S/c1-5-27(30(36)32-19-22(2)3)33(20-24-13-11-12-23(4)18-24)29(35)21-34(28-17-10-9-16-26(28)31)39(37,38)25-14-7-6-8-15-25/h6-18,22,27H,5,19-21H2,1-4H3,(H,32,36)/t27-/m0/s1. The zero-order valence-corrected chi connectivity index (χ0v) is 23.6. The van der Waals surface area contributed by atoms with Gasteiger partial charge >= 0.3 is 0 Å². The Morgan fingerprint density at radius 3 is 2.23 bits per heavy atom. The molecule has 3 aromatic rings. The Hall–Kier alpha value is -3.72. The molecule has 7 nitrogen and oxygen atoms in total. The van der Waals surface area contributed by atoms with Gasteiger partial charge in [0.1, 0.15) is 18.4 Å². The molecule has 0 bridgehead atoms. The highest BCUT2D eigenvalue weighted by molar-refractivity contribution is 7.92. The van der Waals surface area contributed by atoms with Gasteiger partial charge < -0.3 is 10.2 Å². The number of carbonyl (C=O) groups is 2. The number of benzene rings is 3. The number of anilines is 1. The third kappa shape index (κ3) is 7.66. The molecular weight excluding hydrogens is 517 g/mol. The number of nitrogens with zero attached hydrogens (tertiary/aromatic N) is 2. The third-order valence-corrected chi connectivity index (χ3v) is 8.01. The molecule has 0 spiro atoms. The lowest BCUT2D eigenvalue weighted by atomic mass is 10.1. The minimum Gasteiger partial charge on any atom is -0.354 e. The molecule has 0 aromatic heterocycles. The fourth-order valence-electron chi connectivity index (χ4n) is 4.24. The molecule has 0 heterocycles. The molecule has 9 heteroatoms. The topological polar surface area (TPSA) is 86.8 Å². The van der Waals surface area contributed by atoms with Crippen LogP contribution in [-0.2, 0) is 26.2 Å². The lowest BCUT2D eigenvalue weighted by Crippen LogP contribution is -2.52. The molecule has 3 rings (SSSR count). The maximum absolute atomic E-state index is 15.0. The second-order valence-electron chi connectivity index (χ2n) is 9.85. The van der Waals surface area contributed by atoms with E-state index in [-0.39, 0.29) is 29.0 Å². The molecule has 1 atom stereocenters. The van der Waals surface area contributed by atoms with E-state index in [0.29, 0.717) is 13.0 Å². The van der Waals surface area contributed by atoms with Crippen LogP contribution in [0.2, 0.25) is 0 Å². The Morgan fingerprint density at radius 1 is 0.949 bits per heavy atom. The fourth-order valence-corrected chi connectivity index (χ4v) is 5.68. The molecule has 1 N–H and O–H groups in total. The predicted octanol–water partition coefficient (Wildman–Crippen LogP) is 4.91. The highest BCUT2D eigenvalue weighted by atomic mass is 32.2. The Kier molecular flexibility index (Phi) is 10.2. The lowest BCUT2D eigenvalue weighted by Gasteiger charge is -2.33. The van der Waals surface area contributed by atoms with Crippen molar-refractivity contribution in [1.82, 2.24) is 10.2 Å². The van der Waals surface area contributed by atoms with E-state index >= 15 is 0 Å². The number of rotatable bonds is 12. The van der Waals surface area contributed by atoms with Crippen molar-refractivity contribution in [2.75, 3.05) is 17.4 Å². The van der Waals surface area contributed by atoms with Crippen LogP contribution in [0.1, 0.15) is 38.3 Å². The average Bonchev–Trinajstić information content (AvgIpc) is 2.91. The van der Waals surface area contributed by atoms with Crippen molar-refractivity contribution < 1.29 is 22.4 Å². The summed E-state index contributed by atoms with van der Waals surface area (Å²) >= 11 is 0. The lowest BCUT2D eigenvalue weighted by molar-refractivity contribution is -0.140. The van der Waals surface area contributed by atoms with Gasteiger partial charge in [-0.05, 0) is 49.1 Å². The van der Waals surface area contributed by atoms with Crippen molar-refractivity contribution in [3.63, 3.8) is 0 Å². The molecule has 0 aliphatic rings. The van der Waals surface area contributed by atoms with Gasteiger partial charge in [-0.2, -0.15) is 0 Å². The van der Waals surface area contributed by atoms with Gasteiger partial charge in [-0.1, -0.05) is 80.9 Å². The monoisotopic (exact) mass is 553 g/mol. The Morgan fingerprint density at radius 2 is 1.62 bits per heavy atom. The van der Waals surface area contributed by atoms with Crippen LogP contribution >= 0.6 is 0 Å². The minimum absolute atomic E-state index is 0.0759. The largest absolute Gasteiger partial charge is 0.354 e. The van der Waals surface area contributed by atoms with Crippen molar-refractivity contribution in [3.8, 4) is 0 Å². The summed E-state index contributed by atoms with van der Waals surface area (Å²) in [7, 11) is -4.31. The Balaban J connectivity index is 2.05. The van der Waals surface area contributed by atoms with Crippen molar-refractivity contribution in [1.29, 1.82) is 0 Å². The molecule has 0 unspecified atom stereocenters. The van der Waals surface area contributed by atoms with E-state index in [1.54, 1.807) is 25.1 Å². The summed E-state index contributed by atoms with van der Waals surface area (Å²) in [4.78, 5) is 28.5. The van der Waals surface area contributed by atoms with E-state index in [2.05, 4.69) is 5.32 Å². The second-order valence-corrected chi connectivity index (χ2v) is 11.7. The molecule has 0 aliphatic heterocycles. The molecule has 0 fully saturated rings. The van der Waals surface area contributed by atoms with Crippen molar-refractivity contribution in [2.24, 2.45) is 5.92 Å². The zero-order chi connectivity index (χ0) is 28.6. The van der Waals surface area contributed by atoms with Crippen LogP contribution in [0.15, 0.2) is 83.8 Å². The van der Waals surface area contributed by atoms with Gasteiger partial charge in [-0.3, -0.25) is 13.9 Å². The summed E-state index contributed by atoms with van der Waals surface area (Å²) in [5.74, 6) is -1.52. The van der Waals surface area contributed by atoms with E-state index < -0.39 is 34.3 Å². The number of aryl methyl sites for hydroxylation is 1. The first kappa shape index (κ1) is 29.8. The van der Waals surface area contributed by atoms with Gasteiger partial charge in [0.2, 0.25) is 11.8 Å². The average molecular weight is 554 g/mol. The van der Waals surface area contributed by atoms with Gasteiger partial charge in [-0.15, -0.1) is 0 Å². The number of nitrogens with one attached hydrogen (secondary N) is 1. The van der Waals surface area contributed by atoms with Crippen LogP contribution in [0.25, 0.3) is 0 Å². The van der Waals surface area contributed by atoms with Crippen molar-refractivity contribution in [2.45, 2.75) is 51.6 Å². The van der Waals surface area contributed by atoms with Gasteiger partial charge in [0.05, 0.1) is 10.6 Å². The van der Waals surface area contributed by atoms with Gasteiger partial charge in [0.25, 0.3) is 10.0 Å². The van der Waals surface area contributed by atoms with Crippen LogP contribution in [0.4, 0.5) is 10.1 Å². The number of carbonyl (C=O) groups excluding carboxylic acids is 2. The molecule has 0 saturated heterocycles. The molecule has 0 radical (unpaired) electrons. The first-order valence-electron chi connectivity index (χ1n) is 13.0. The fraction of sp³-hybridized carbons (Fsp3) is 0.333. The summed E-state index contributed by atoms with van der Waals surface area (Å²) in [5, 5.41) is 2.89. The quantitative estimate of drug-likeness (QED) is 0.345. The number of hydrogen-bond acceptors (Lipinski definition) is 4. The smallest absolute Gasteiger partial charge is 0.264 e. The zero-order valence-electron chi connectivity index (χ0n) is 22.8. The van der Waals surface area contributed by atoms with Crippen molar-refractivity contribution >= 4 is 27.5 Å². The molecule has 39 heavy (non-hydrogen) atoms. The second kappa shape index (κ2) is 13.4. The SMILES string of the molecule is CC[C@@H](C(=O)NCC(C)C)N(Cc1cccc(C)c1)C(=O)CN(c1ccccc1F)S(=O)(=O)c1ccccc1.